The molecule has 0 N–H and O–H groups in total. The number of benzene rings is 9. The monoisotopic (exact) mass is 758 g/mol. The van der Waals surface area contributed by atoms with Crippen LogP contribution in [0.4, 0.5) is 0 Å². The quantitative estimate of drug-likeness (QED) is 0.148. The predicted molar refractivity (Wildman–Crippen MR) is 240 cm³/mol. The third-order valence-corrected chi connectivity index (χ3v) is 15.8. The van der Waals surface area contributed by atoms with E-state index >= 15 is 4.57 Å². The van der Waals surface area contributed by atoms with E-state index in [-0.39, 0.29) is 0 Å². The smallest absolute Gasteiger partial charge is 0.171 e. The van der Waals surface area contributed by atoms with Gasteiger partial charge in [-0.1, -0.05) is 237 Å². The summed E-state index contributed by atoms with van der Waals surface area (Å²) in [6, 6.07) is 84.7. The van der Waals surface area contributed by atoms with E-state index in [2.05, 4.69) is 176 Å². The van der Waals surface area contributed by atoms with E-state index in [0.29, 0.717) is 0 Å². The van der Waals surface area contributed by atoms with E-state index in [1.165, 1.54) is 55.6 Å². The van der Waals surface area contributed by atoms with Crippen molar-refractivity contribution in [3.8, 4) is 22.3 Å². The molecule has 2 atom stereocenters. The van der Waals surface area contributed by atoms with Gasteiger partial charge in [-0.15, -0.1) is 0 Å². The Morgan fingerprint density at radius 2 is 0.655 bits per heavy atom. The molecule has 9 aromatic rings. The summed E-state index contributed by atoms with van der Waals surface area (Å²) in [5, 5.41) is 2.50. The van der Waals surface area contributed by atoms with Crippen molar-refractivity contribution in [2.75, 3.05) is 0 Å². The Balaban J connectivity index is 1.10. The largest absolute Gasteiger partial charge is 0.309 e. The molecule has 0 radical (unpaired) electrons. The molecule has 11 rings (SSSR count). The molecule has 1 nitrogen and oxygen atoms in total. The maximum atomic E-state index is 15.1. The summed E-state index contributed by atoms with van der Waals surface area (Å²) in [6.07, 6.45) is 0. The first-order valence-electron chi connectivity index (χ1n) is 20.0. The molecular formula is C56H39OP. The van der Waals surface area contributed by atoms with Gasteiger partial charge in [-0.2, -0.15) is 0 Å². The minimum absolute atomic E-state index is 0.473. The first-order chi connectivity index (χ1) is 28.7. The van der Waals surface area contributed by atoms with Gasteiger partial charge in [-0.3, -0.25) is 0 Å². The molecule has 2 heteroatoms. The Morgan fingerprint density at radius 1 is 0.276 bits per heavy atom. The molecule has 0 saturated heterocycles. The maximum Gasteiger partial charge on any atom is 0.171 e. The van der Waals surface area contributed by atoms with Crippen molar-refractivity contribution in [3.05, 3.63) is 281 Å². The topological polar surface area (TPSA) is 17.1 Å². The predicted octanol–water partition coefficient (Wildman–Crippen LogP) is 12.1. The van der Waals surface area contributed by atoms with Crippen molar-refractivity contribution in [3.63, 3.8) is 0 Å². The normalized spacial score (nSPS) is 17.5. The van der Waals surface area contributed by atoms with E-state index in [4.69, 9.17) is 0 Å². The highest BCUT2D eigenvalue weighted by Crippen LogP contribution is 2.65. The molecule has 0 bridgehead atoms. The van der Waals surface area contributed by atoms with Gasteiger partial charge >= 0.3 is 0 Å². The molecule has 0 amide bonds. The third-order valence-electron chi connectivity index (χ3n) is 12.7. The molecule has 0 saturated carbocycles. The van der Waals surface area contributed by atoms with Gasteiger partial charge in [0.05, 0.1) is 10.8 Å². The highest BCUT2D eigenvalue weighted by molar-refractivity contribution is 7.85. The second-order valence-corrected chi connectivity index (χ2v) is 18.2. The van der Waals surface area contributed by atoms with E-state index in [1.807, 2.05) is 60.7 Å². The zero-order valence-corrected chi connectivity index (χ0v) is 32.8. The zero-order valence-electron chi connectivity index (χ0n) is 31.9. The summed E-state index contributed by atoms with van der Waals surface area (Å²) in [5.74, 6) is 0. The lowest BCUT2D eigenvalue weighted by atomic mass is 9.51. The second-order valence-electron chi connectivity index (χ2n) is 15.5. The molecule has 274 valence electrons. The molecule has 9 aromatic carbocycles. The van der Waals surface area contributed by atoms with Crippen LogP contribution in [0.5, 0.6) is 0 Å². The average molecular weight is 759 g/mol. The number of rotatable bonds is 7. The van der Waals surface area contributed by atoms with Crippen LogP contribution in [-0.4, -0.2) is 0 Å². The SMILES string of the molecule is O=P(c1ccccc1)(c1ccccc1)c1ccc(-c2ccc(C3(c4ccccc4)c4ccccc4C4(c5ccccc5)c5ccccc5-c5cccc3c54)cc2)cc1. The van der Waals surface area contributed by atoms with Crippen LogP contribution in [0.1, 0.15) is 44.5 Å². The molecule has 0 spiro atoms. The summed E-state index contributed by atoms with van der Waals surface area (Å²) in [5.41, 5.74) is 14.1. The van der Waals surface area contributed by atoms with E-state index < -0.39 is 18.0 Å². The summed E-state index contributed by atoms with van der Waals surface area (Å²) in [6.45, 7) is 0. The van der Waals surface area contributed by atoms with Gasteiger partial charge in [-0.25, -0.2) is 0 Å². The molecule has 0 heterocycles. The minimum atomic E-state index is -3.07. The fourth-order valence-corrected chi connectivity index (χ4v) is 13.0. The first-order valence-corrected chi connectivity index (χ1v) is 21.7. The van der Waals surface area contributed by atoms with Gasteiger partial charge in [0, 0.05) is 15.9 Å². The fourth-order valence-electron chi connectivity index (χ4n) is 10.4. The molecule has 0 aromatic heterocycles. The van der Waals surface area contributed by atoms with Crippen LogP contribution < -0.4 is 15.9 Å². The summed E-state index contributed by atoms with van der Waals surface area (Å²) < 4.78 is 15.1. The van der Waals surface area contributed by atoms with Gasteiger partial charge in [0.15, 0.2) is 7.14 Å². The van der Waals surface area contributed by atoms with Crippen LogP contribution in [0.25, 0.3) is 22.3 Å². The van der Waals surface area contributed by atoms with Crippen LogP contribution in [-0.2, 0) is 15.4 Å². The van der Waals surface area contributed by atoms with Crippen molar-refractivity contribution in [2.45, 2.75) is 10.8 Å². The lowest BCUT2D eigenvalue weighted by Crippen LogP contribution is -2.44. The summed E-state index contributed by atoms with van der Waals surface area (Å²) in [4.78, 5) is 0. The Kier molecular flexibility index (Phi) is 7.97. The molecule has 58 heavy (non-hydrogen) atoms. The van der Waals surface area contributed by atoms with Crippen molar-refractivity contribution in [1.82, 2.24) is 0 Å². The van der Waals surface area contributed by atoms with Crippen molar-refractivity contribution in [1.29, 1.82) is 0 Å². The fraction of sp³-hybridized carbons (Fsp3) is 0.0357. The van der Waals surface area contributed by atoms with E-state index in [9.17, 15) is 0 Å². The first kappa shape index (κ1) is 34.5. The van der Waals surface area contributed by atoms with Crippen molar-refractivity contribution < 1.29 is 4.57 Å². The molecule has 0 fully saturated rings. The van der Waals surface area contributed by atoms with Gasteiger partial charge in [0.25, 0.3) is 0 Å². The number of hydrogen-bond donors (Lipinski definition) is 0. The minimum Gasteiger partial charge on any atom is -0.309 e. The Morgan fingerprint density at radius 3 is 1.22 bits per heavy atom. The van der Waals surface area contributed by atoms with Crippen molar-refractivity contribution >= 4 is 23.1 Å². The third kappa shape index (κ3) is 4.75. The Labute approximate surface area is 340 Å². The van der Waals surface area contributed by atoms with Gasteiger partial charge in [-0.05, 0) is 66.8 Å². The lowest BCUT2D eigenvalue weighted by molar-refractivity contribution is 0.592. The van der Waals surface area contributed by atoms with Crippen LogP contribution in [0.2, 0.25) is 0 Å². The number of hydrogen-bond acceptors (Lipinski definition) is 1. The standard InChI is InChI=1S/C56H39OP/c57-58(45-22-9-3-10-23-45,46-24-11-4-12-25-46)47-38-34-41(35-39-47)40-32-36-44(37-33-40)55(42-18-5-1-6-19-42)51-29-15-16-30-52(51)56(43-20-7-2-8-21-43)50-28-14-13-26-48(50)49-27-17-31-53(55)54(49)56/h1-39H. The van der Waals surface area contributed by atoms with Gasteiger partial charge < -0.3 is 4.57 Å². The van der Waals surface area contributed by atoms with Crippen LogP contribution in [0.15, 0.2) is 237 Å². The number of fused-ring (bicyclic) bond motifs is 5. The maximum absolute atomic E-state index is 15.1. The van der Waals surface area contributed by atoms with E-state index in [0.717, 1.165) is 27.0 Å². The van der Waals surface area contributed by atoms with E-state index in [1.54, 1.807) is 0 Å². The van der Waals surface area contributed by atoms with Crippen LogP contribution in [0, 0.1) is 0 Å². The molecule has 2 unspecified atom stereocenters. The van der Waals surface area contributed by atoms with Gasteiger partial charge in [0.2, 0.25) is 0 Å². The van der Waals surface area contributed by atoms with Gasteiger partial charge in [0.1, 0.15) is 0 Å². The second kappa shape index (κ2) is 13.4. The molecule has 2 aliphatic rings. The Hall–Kier alpha value is -6.79. The summed E-state index contributed by atoms with van der Waals surface area (Å²) in [7, 11) is -3.07. The van der Waals surface area contributed by atoms with Crippen LogP contribution >= 0.6 is 7.14 Å². The summed E-state index contributed by atoms with van der Waals surface area (Å²) >= 11 is 0. The molecule has 0 aliphatic heterocycles. The average Bonchev–Trinajstić information content (AvgIpc) is 3.62. The Bertz CT molecular complexity index is 2950. The highest BCUT2D eigenvalue weighted by atomic mass is 31.2. The molecular weight excluding hydrogens is 720 g/mol. The van der Waals surface area contributed by atoms with Crippen molar-refractivity contribution in [2.24, 2.45) is 0 Å². The van der Waals surface area contributed by atoms with Crippen LogP contribution in [0.3, 0.4) is 0 Å². The lowest BCUT2D eigenvalue weighted by Gasteiger charge is -2.49. The molecule has 2 aliphatic carbocycles. The zero-order chi connectivity index (χ0) is 38.7. The highest BCUT2D eigenvalue weighted by Gasteiger charge is 2.57.